The highest BCUT2D eigenvalue weighted by Gasteiger charge is 2.24. The van der Waals surface area contributed by atoms with E-state index >= 15 is 0 Å². The third kappa shape index (κ3) is 3.17. The van der Waals surface area contributed by atoms with E-state index in [9.17, 15) is 4.79 Å². The summed E-state index contributed by atoms with van der Waals surface area (Å²) in [6.07, 6.45) is 0.388. The summed E-state index contributed by atoms with van der Waals surface area (Å²) in [7, 11) is 1.66. The Hall–Kier alpha value is -3.53. The number of carbonyl (C=O) groups excluding carboxylic acids is 1. The van der Waals surface area contributed by atoms with Crippen molar-refractivity contribution in [3.63, 3.8) is 0 Å². The van der Waals surface area contributed by atoms with E-state index in [0.29, 0.717) is 13.0 Å². The summed E-state index contributed by atoms with van der Waals surface area (Å²) >= 11 is 0. The predicted molar refractivity (Wildman–Crippen MR) is 115 cm³/mol. The van der Waals surface area contributed by atoms with Gasteiger partial charge >= 0.3 is 0 Å². The lowest BCUT2D eigenvalue weighted by atomic mass is 10.1. The van der Waals surface area contributed by atoms with E-state index in [1.165, 1.54) is 10.9 Å². The number of fused-ring (bicyclic) bond motifs is 4. The minimum atomic E-state index is 0.108. The second-order valence-electron chi connectivity index (χ2n) is 7.41. The lowest BCUT2D eigenvalue weighted by molar-refractivity contribution is -0.118. The van der Waals surface area contributed by atoms with E-state index in [-0.39, 0.29) is 5.91 Å². The Balaban J connectivity index is 1.58. The van der Waals surface area contributed by atoms with Gasteiger partial charge in [0, 0.05) is 23.4 Å². The Morgan fingerprint density at radius 3 is 2.52 bits per heavy atom. The first kappa shape index (κ1) is 17.6. The van der Waals surface area contributed by atoms with E-state index < -0.39 is 0 Å². The molecule has 0 saturated carbocycles. The topological polar surface area (TPSA) is 34.5 Å². The molecular formula is C25H22N2O2. The zero-order chi connectivity index (χ0) is 19.8. The second kappa shape index (κ2) is 7.13. The van der Waals surface area contributed by atoms with Crippen LogP contribution in [0.25, 0.3) is 10.9 Å². The lowest BCUT2D eigenvalue weighted by Gasteiger charge is -2.28. The summed E-state index contributed by atoms with van der Waals surface area (Å²) in [4.78, 5) is 15.3. The molecule has 0 spiro atoms. The van der Waals surface area contributed by atoms with Crippen molar-refractivity contribution in [3.8, 4) is 5.75 Å². The zero-order valence-electron chi connectivity index (χ0n) is 16.3. The van der Waals surface area contributed by atoms with Crippen molar-refractivity contribution in [1.29, 1.82) is 0 Å². The maximum Gasteiger partial charge on any atom is 0.233 e. The van der Waals surface area contributed by atoms with Crippen LogP contribution in [0.5, 0.6) is 5.75 Å². The fourth-order valence-electron chi connectivity index (χ4n) is 4.15. The molecule has 0 saturated heterocycles. The van der Waals surface area contributed by atoms with Crippen LogP contribution < -0.4 is 9.64 Å². The SMILES string of the molecule is COc1ccc(CN2C(=O)Cc3cc4ccccc4n3Cc3ccccc32)cc1. The standard InChI is InChI=1S/C25H22N2O2/c1-29-22-12-10-18(11-13-22)16-27-24-9-5-3-7-20(24)17-26-21(15-25(27)28)14-19-6-2-4-8-23(19)26/h2-14H,15-17H2,1H3. The molecule has 5 rings (SSSR count). The van der Waals surface area contributed by atoms with Gasteiger partial charge in [0.25, 0.3) is 0 Å². The van der Waals surface area contributed by atoms with Crippen LogP contribution in [0.15, 0.2) is 78.9 Å². The fourth-order valence-corrected chi connectivity index (χ4v) is 4.15. The van der Waals surface area contributed by atoms with E-state index in [2.05, 4.69) is 34.9 Å². The number of nitrogens with zero attached hydrogens (tertiary/aromatic N) is 2. The molecule has 4 nitrogen and oxygen atoms in total. The summed E-state index contributed by atoms with van der Waals surface area (Å²) in [6.45, 7) is 1.30. The first-order valence-corrected chi connectivity index (χ1v) is 9.81. The Morgan fingerprint density at radius 2 is 1.69 bits per heavy atom. The van der Waals surface area contributed by atoms with Gasteiger partial charge in [-0.1, -0.05) is 48.5 Å². The largest absolute Gasteiger partial charge is 0.497 e. The molecule has 1 aromatic heterocycles. The van der Waals surface area contributed by atoms with Crippen LogP contribution in [0.1, 0.15) is 16.8 Å². The molecule has 0 atom stereocenters. The summed E-state index contributed by atoms with van der Waals surface area (Å²) in [5.74, 6) is 0.926. The highest BCUT2D eigenvalue weighted by atomic mass is 16.5. The molecule has 1 aliphatic heterocycles. The molecule has 3 aromatic carbocycles. The van der Waals surface area contributed by atoms with Crippen LogP contribution in [-0.2, 0) is 24.3 Å². The van der Waals surface area contributed by atoms with Gasteiger partial charge < -0.3 is 14.2 Å². The number of ether oxygens (including phenoxy) is 1. The molecule has 0 fully saturated rings. The number of hydrogen-bond acceptors (Lipinski definition) is 2. The van der Waals surface area contributed by atoms with Crippen molar-refractivity contribution in [2.45, 2.75) is 19.5 Å². The molecule has 0 N–H and O–H groups in total. The zero-order valence-corrected chi connectivity index (χ0v) is 16.3. The molecule has 1 amide bonds. The van der Waals surface area contributed by atoms with E-state index in [1.807, 2.05) is 53.4 Å². The van der Waals surface area contributed by atoms with Crippen molar-refractivity contribution in [2.75, 3.05) is 12.0 Å². The second-order valence-corrected chi connectivity index (χ2v) is 7.41. The van der Waals surface area contributed by atoms with Crippen LogP contribution in [-0.4, -0.2) is 17.6 Å². The lowest BCUT2D eigenvalue weighted by Crippen LogP contribution is -2.34. The number of carbonyl (C=O) groups is 1. The Morgan fingerprint density at radius 1 is 0.931 bits per heavy atom. The molecule has 0 radical (unpaired) electrons. The van der Waals surface area contributed by atoms with Crippen LogP contribution >= 0.6 is 0 Å². The van der Waals surface area contributed by atoms with Crippen LogP contribution in [0.4, 0.5) is 5.69 Å². The number of hydrogen-bond donors (Lipinski definition) is 0. The third-order valence-corrected chi connectivity index (χ3v) is 5.64. The van der Waals surface area contributed by atoms with Crippen LogP contribution in [0.3, 0.4) is 0 Å². The van der Waals surface area contributed by atoms with Gasteiger partial charge in [0.1, 0.15) is 5.75 Å². The summed E-state index contributed by atoms with van der Waals surface area (Å²) < 4.78 is 7.53. The van der Waals surface area contributed by atoms with Crippen molar-refractivity contribution in [1.82, 2.24) is 4.57 Å². The first-order chi connectivity index (χ1) is 14.2. The Labute approximate surface area is 170 Å². The normalized spacial score (nSPS) is 13.6. The smallest absolute Gasteiger partial charge is 0.233 e. The molecule has 2 heterocycles. The van der Waals surface area contributed by atoms with Crippen LogP contribution in [0, 0.1) is 0 Å². The number of benzene rings is 3. The van der Waals surface area contributed by atoms with E-state index in [0.717, 1.165) is 34.8 Å². The van der Waals surface area contributed by atoms with Gasteiger partial charge in [-0.15, -0.1) is 0 Å². The maximum atomic E-state index is 13.4. The summed E-state index contributed by atoms with van der Waals surface area (Å²) in [5, 5.41) is 1.18. The Kier molecular flexibility index (Phi) is 4.32. The number of methoxy groups -OCH3 is 1. The first-order valence-electron chi connectivity index (χ1n) is 9.81. The number of aromatic nitrogens is 1. The van der Waals surface area contributed by atoms with E-state index in [4.69, 9.17) is 4.74 Å². The highest BCUT2D eigenvalue weighted by molar-refractivity contribution is 5.96. The molecule has 144 valence electrons. The van der Waals surface area contributed by atoms with Gasteiger partial charge in [-0.2, -0.15) is 0 Å². The van der Waals surface area contributed by atoms with Gasteiger partial charge in [0.15, 0.2) is 0 Å². The quantitative estimate of drug-likeness (QED) is 0.511. The number of para-hydroxylation sites is 2. The monoisotopic (exact) mass is 382 g/mol. The maximum absolute atomic E-state index is 13.4. The average molecular weight is 382 g/mol. The number of amides is 1. The predicted octanol–water partition coefficient (Wildman–Crippen LogP) is 4.79. The fraction of sp³-hybridized carbons (Fsp3) is 0.160. The minimum absolute atomic E-state index is 0.108. The van der Waals surface area contributed by atoms with Crippen molar-refractivity contribution in [2.24, 2.45) is 0 Å². The highest BCUT2D eigenvalue weighted by Crippen LogP contribution is 2.30. The molecule has 0 bridgehead atoms. The van der Waals surface area contributed by atoms with Gasteiger partial charge in [-0.25, -0.2) is 0 Å². The molecule has 0 aliphatic carbocycles. The molecule has 1 aliphatic rings. The minimum Gasteiger partial charge on any atom is -0.497 e. The molecular weight excluding hydrogens is 360 g/mol. The van der Waals surface area contributed by atoms with E-state index in [1.54, 1.807) is 7.11 Å². The summed E-state index contributed by atoms with van der Waals surface area (Å²) in [6, 6.07) is 26.6. The number of anilines is 1. The summed E-state index contributed by atoms with van der Waals surface area (Å²) in [5.41, 5.74) is 5.45. The molecule has 4 heteroatoms. The van der Waals surface area contributed by atoms with Gasteiger partial charge in [-0.3, -0.25) is 4.79 Å². The van der Waals surface area contributed by atoms with Crippen molar-refractivity contribution < 1.29 is 9.53 Å². The Bertz CT molecular complexity index is 1190. The van der Waals surface area contributed by atoms with Gasteiger partial charge in [0.05, 0.1) is 20.1 Å². The molecule has 0 unspecified atom stereocenters. The van der Waals surface area contributed by atoms with Gasteiger partial charge in [-0.05, 0) is 46.8 Å². The van der Waals surface area contributed by atoms with Crippen molar-refractivity contribution in [3.05, 3.63) is 95.7 Å². The third-order valence-electron chi connectivity index (χ3n) is 5.64. The molecule has 29 heavy (non-hydrogen) atoms. The van der Waals surface area contributed by atoms with Crippen LogP contribution in [0.2, 0.25) is 0 Å². The average Bonchev–Trinajstić information content (AvgIpc) is 3.08. The number of rotatable bonds is 3. The molecule has 4 aromatic rings. The van der Waals surface area contributed by atoms with Gasteiger partial charge in [0.2, 0.25) is 5.91 Å². The van der Waals surface area contributed by atoms with Crippen molar-refractivity contribution >= 4 is 22.5 Å².